The summed E-state index contributed by atoms with van der Waals surface area (Å²) in [6.45, 7) is 2.11. The predicted molar refractivity (Wildman–Crippen MR) is 55.0 cm³/mol. The van der Waals surface area contributed by atoms with Crippen LogP contribution in [-0.4, -0.2) is 18.1 Å². The van der Waals surface area contributed by atoms with Gasteiger partial charge in [-0.25, -0.2) is 4.98 Å². The van der Waals surface area contributed by atoms with Gasteiger partial charge in [-0.1, -0.05) is 23.2 Å². The molecule has 0 spiro atoms. The number of rotatable bonds is 4. The molecule has 1 rings (SSSR count). The number of nitrogens with two attached hydrogens (primary N) is 1. The summed E-state index contributed by atoms with van der Waals surface area (Å²) in [6, 6.07) is 1.79. The van der Waals surface area contributed by atoms with Crippen LogP contribution in [0.1, 0.15) is 5.56 Å². The molecule has 72 valence electrons. The lowest BCUT2D eigenvalue weighted by Gasteiger charge is -2.03. The number of nitrogens with zero attached hydrogens (tertiary/aromatic N) is 1. The van der Waals surface area contributed by atoms with E-state index in [-0.39, 0.29) is 0 Å². The zero-order valence-corrected chi connectivity index (χ0v) is 8.57. The Hall–Kier alpha value is -0.350. The average Bonchev–Trinajstić information content (AvgIpc) is 2.12. The van der Waals surface area contributed by atoms with Crippen molar-refractivity contribution in [3.05, 3.63) is 28.0 Å². The van der Waals surface area contributed by atoms with Crippen LogP contribution < -0.4 is 11.1 Å². The van der Waals surface area contributed by atoms with Crippen molar-refractivity contribution >= 4 is 23.2 Å². The van der Waals surface area contributed by atoms with Gasteiger partial charge in [0.15, 0.2) is 0 Å². The molecule has 0 amide bonds. The second kappa shape index (κ2) is 5.40. The Morgan fingerprint density at radius 3 is 2.85 bits per heavy atom. The van der Waals surface area contributed by atoms with Gasteiger partial charge in [-0.05, 0) is 11.6 Å². The lowest BCUT2D eigenvalue weighted by Crippen LogP contribution is -2.21. The molecule has 0 atom stereocenters. The summed E-state index contributed by atoms with van der Waals surface area (Å²) in [4.78, 5) is 3.92. The third-order valence-corrected chi connectivity index (χ3v) is 2.19. The molecule has 0 unspecified atom stereocenters. The standard InChI is InChI=1S/C8H11Cl2N3/c9-7-3-6(4-12-2-1-11)5-13-8(7)10/h3,5,12H,1-2,4,11H2. The van der Waals surface area contributed by atoms with Gasteiger partial charge in [-0.2, -0.15) is 0 Å². The van der Waals surface area contributed by atoms with Crippen LogP contribution in [0.25, 0.3) is 0 Å². The monoisotopic (exact) mass is 219 g/mol. The highest BCUT2D eigenvalue weighted by molar-refractivity contribution is 6.41. The maximum atomic E-state index is 5.78. The Labute approximate surface area is 87.2 Å². The van der Waals surface area contributed by atoms with Crippen molar-refractivity contribution in [3.8, 4) is 0 Å². The Bertz CT molecular complexity index is 278. The van der Waals surface area contributed by atoms with Gasteiger partial charge in [-0.15, -0.1) is 0 Å². The Kier molecular flexibility index (Phi) is 4.45. The highest BCUT2D eigenvalue weighted by atomic mass is 35.5. The number of aromatic nitrogens is 1. The molecule has 13 heavy (non-hydrogen) atoms. The summed E-state index contributed by atoms with van der Waals surface area (Å²) in [5.41, 5.74) is 6.32. The SMILES string of the molecule is NCCNCc1cnc(Cl)c(Cl)c1. The van der Waals surface area contributed by atoms with Crippen molar-refractivity contribution in [3.63, 3.8) is 0 Å². The largest absolute Gasteiger partial charge is 0.329 e. The molecule has 0 aliphatic rings. The molecule has 0 saturated carbocycles. The summed E-state index contributed by atoms with van der Waals surface area (Å²) in [7, 11) is 0. The van der Waals surface area contributed by atoms with Crippen LogP contribution in [0.15, 0.2) is 12.3 Å². The smallest absolute Gasteiger partial charge is 0.147 e. The summed E-state index contributed by atoms with van der Waals surface area (Å²) < 4.78 is 0. The molecule has 0 bridgehead atoms. The third kappa shape index (κ3) is 3.48. The Morgan fingerprint density at radius 2 is 2.23 bits per heavy atom. The number of hydrogen-bond acceptors (Lipinski definition) is 3. The molecule has 0 saturated heterocycles. The van der Waals surface area contributed by atoms with E-state index in [1.165, 1.54) is 0 Å². The normalized spacial score (nSPS) is 10.4. The molecule has 5 heteroatoms. The van der Waals surface area contributed by atoms with Crippen LogP contribution in [0.5, 0.6) is 0 Å². The number of hydrogen-bond donors (Lipinski definition) is 2. The lowest BCUT2D eigenvalue weighted by atomic mass is 10.3. The predicted octanol–water partition coefficient (Wildman–Crippen LogP) is 1.44. The van der Waals surface area contributed by atoms with Crippen LogP contribution in [0, 0.1) is 0 Å². The van der Waals surface area contributed by atoms with E-state index in [1.807, 2.05) is 0 Å². The first-order valence-corrected chi connectivity index (χ1v) is 4.70. The highest BCUT2D eigenvalue weighted by Gasteiger charge is 1.99. The molecule has 0 aliphatic heterocycles. The topological polar surface area (TPSA) is 50.9 Å². The van der Waals surface area contributed by atoms with E-state index in [0.29, 0.717) is 23.3 Å². The fourth-order valence-electron chi connectivity index (χ4n) is 0.892. The van der Waals surface area contributed by atoms with Gasteiger partial charge in [0.05, 0.1) is 5.02 Å². The van der Waals surface area contributed by atoms with Gasteiger partial charge < -0.3 is 11.1 Å². The molecule has 3 N–H and O–H groups in total. The zero-order valence-electron chi connectivity index (χ0n) is 7.06. The molecule has 1 aromatic heterocycles. The van der Waals surface area contributed by atoms with Crippen LogP contribution in [-0.2, 0) is 6.54 Å². The van der Waals surface area contributed by atoms with Crippen LogP contribution >= 0.6 is 23.2 Å². The summed E-state index contributed by atoms with van der Waals surface area (Å²) in [5, 5.41) is 3.95. The van der Waals surface area contributed by atoms with E-state index >= 15 is 0 Å². The van der Waals surface area contributed by atoms with Gasteiger partial charge in [0.25, 0.3) is 0 Å². The van der Waals surface area contributed by atoms with E-state index in [9.17, 15) is 0 Å². The molecular formula is C8H11Cl2N3. The minimum absolute atomic E-state index is 0.337. The summed E-state index contributed by atoms with van der Waals surface area (Å²) in [6.07, 6.45) is 1.69. The van der Waals surface area contributed by atoms with Gasteiger partial charge in [0.2, 0.25) is 0 Å². The third-order valence-electron chi connectivity index (χ3n) is 1.50. The van der Waals surface area contributed by atoms with Crippen molar-refractivity contribution in [1.82, 2.24) is 10.3 Å². The van der Waals surface area contributed by atoms with Crippen molar-refractivity contribution in [1.29, 1.82) is 0 Å². The molecule has 3 nitrogen and oxygen atoms in total. The Morgan fingerprint density at radius 1 is 1.46 bits per heavy atom. The van der Waals surface area contributed by atoms with Gasteiger partial charge in [0.1, 0.15) is 5.15 Å². The first kappa shape index (κ1) is 10.7. The van der Waals surface area contributed by atoms with E-state index in [4.69, 9.17) is 28.9 Å². The second-order valence-corrected chi connectivity index (χ2v) is 3.35. The molecule has 0 radical (unpaired) electrons. The van der Waals surface area contributed by atoms with E-state index in [1.54, 1.807) is 12.3 Å². The van der Waals surface area contributed by atoms with E-state index < -0.39 is 0 Å². The van der Waals surface area contributed by atoms with Gasteiger partial charge in [0, 0.05) is 25.8 Å². The lowest BCUT2D eigenvalue weighted by molar-refractivity contribution is 0.693. The maximum Gasteiger partial charge on any atom is 0.147 e. The zero-order chi connectivity index (χ0) is 9.68. The molecular weight excluding hydrogens is 209 g/mol. The number of halogens is 2. The van der Waals surface area contributed by atoms with Gasteiger partial charge >= 0.3 is 0 Å². The quantitative estimate of drug-likeness (QED) is 0.596. The Balaban J connectivity index is 2.53. The van der Waals surface area contributed by atoms with E-state index in [0.717, 1.165) is 12.1 Å². The van der Waals surface area contributed by atoms with Crippen LogP contribution in [0.3, 0.4) is 0 Å². The summed E-state index contributed by atoms with van der Waals surface area (Å²) >= 11 is 11.4. The fraction of sp³-hybridized carbons (Fsp3) is 0.375. The van der Waals surface area contributed by atoms with Crippen molar-refractivity contribution in [2.75, 3.05) is 13.1 Å². The van der Waals surface area contributed by atoms with Crippen LogP contribution in [0.2, 0.25) is 10.2 Å². The average molecular weight is 220 g/mol. The van der Waals surface area contributed by atoms with Crippen LogP contribution in [0.4, 0.5) is 0 Å². The summed E-state index contributed by atoms with van der Waals surface area (Å²) in [5.74, 6) is 0. The molecule has 1 heterocycles. The maximum absolute atomic E-state index is 5.78. The van der Waals surface area contributed by atoms with Crippen molar-refractivity contribution in [2.45, 2.75) is 6.54 Å². The molecule has 1 aromatic rings. The van der Waals surface area contributed by atoms with E-state index in [2.05, 4.69) is 10.3 Å². The highest BCUT2D eigenvalue weighted by Crippen LogP contribution is 2.19. The number of nitrogens with one attached hydrogen (secondary N) is 1. The molecule has 0 aromatic carbocycles. The minimum atomic E-state index is 0.337. The molecule has 0 fully saturated rings. The second-order valence-electron chi connectivity index (χ2n) is 2.58. The van der Waals surface area contributed by atoms with Crippen molar-refractivity contribution < 1.29 is 0 Å². The first-order valence-electron chi connectivity index (χ1n) is 3.94. The number of pyridine rings is 1. The molecule has 0 aliphatic carbocycles. The first-order chi connectivity index (χ1) is 6.24. The van der Waals surface area contributed by atoms with Crippen molar-refractivity contribution in [2.24, 2.45) is 5.73 Å². The van der Waals surface area contributed by atoms with Gasteiger partial charge in [-0.3, -0.25) is 0 Å². The fourth-order valence-corrected chi connectivity index (χ4v) is 1.18. The minimum Gasteiger partial charge on any atom is -0.329 e.